The van der Waals surface area contributed by atoms with Gasteiger partial charge in [0.25, 0.3) is 5.91 Å². The van der Waals surface area contributed by atoms with E-state index in [1.807, 2.05) is 24.3 Å². The van der Waals surface area contributed by atoms with E-state index in [0.29, 0.717) is 25.3 Å². The SMILES string of the molecule is O=C(NO)c1ccc2c(c1)CN(c1nc3ccccc3[nH]1)CCO2. The van der Waals surface area contributed by atoms with Gasteiger partial charge >= 0.3 is 0 Å². The molecule has 0 saturated carbocycles. The molecule has 4 rings (SSSR count). The van der Waals surface area contributed by atoms with Crippen LogP contribution in [0.2, 0.25) is 0 Å². The van der Waals surface area contributed by atoms with Crippen molar-refractivity contribution >= 4 is 22.9 Å². The average Bonchev–Trinajstić information content (AvgIpc) is 2.93. The molecule has 3 aromatic rings. The predicted octanol–water partition coefficient (Wildman–Crippen LogP) is 2.08. The van der Waals surface area contributed by atoms with Crippen molar-refractivity contribution in [2.24, 2.45) is 0 Å². The topological polar surface area (TPSA) is 90.5 Å². The van der Waals surface area contributed by atoms with Crippen LogP contribution in [0.25, 0.3) is 11.0 Å². The maximum Gasteiger partial charge on any atom is 0.274 e. The number of hydroxylamine groups is 1. The zero-order chi connectivity index (χ0) is 16.5. The van der Waals surface area contributed by atoms with Crippen LogP contribution in [0.1, 0.15) is 15.9 Å². The first-order valence-electron chi connectivity index (χ1n) is 7.64. The fourth-order valence-electron chi connectivity index (χ4n) is 2.87. The van der Waals surface area contributed by atoms with E-state index in [-0.39, 0.29) is 0 Å². The highest BCUT2D eigenvalue weighted by Crippen LogP contribution is 2.27. The number of anilines is 1. The van der Waals surface area contributed by atoms with Crippen molar-refractivity contribution < 1.29 is 14.7 Å². The Balaban J connectivity index is 1.68. The van der Waals surface area contributed by atoms with Crippen molar-refractivity contribution in [2.75, 3.05) is 18.1 Å². The summed E-state index contributed by atoms with van der Waals surface area (Å²) in [4.78, 5) is 21.6. The van der Waals surface area contributed by atoms with Crippen LogP contribution in [0, 0.1) is 0 Å². The molecule has 1 aliphatic rings. The fraction of sp³-hybridized carbons (Fsp3) is 0.176. The van der Waals surface area contributed by atoms with Crippen LogP contribution in [-0.4, -0.2) is 34.2 Å². The molecule has 0 saturated heterocycles. The van der Waals surface area contributed by atoms with Gasteiger partial charge in [-0.2, -0.15) is 0 Å². The lowest BCUT2D eigenvalue weighted by Crippen LogP contribution is -2.26. The van der Waals surface area contributed by atoms with Crippen LogP contribution in [0.3, 0.4) is 0 Å². The fourth-order valence-corrected chi connectivity index (χ4v) is 2.87. The van der Waals surface area contributed by atoms with E-state index in [0.717, 1.165) is 28.3 Å². The summed E-state index contributed by atoms with van der Waals surface area (Å²) >= 11 is 0. The molecule has 2 heterocycles. The summed E-state index contributed by atoms with van der Waals surface area (Å²) in [6.07, 6.45) is 0. The first-order chi connectivity index (χ1) is 11.7. The number of hydrogen-bond acceptors (Lipinski definition) is 5. The van der Waals surface area contributed by atoms with Crippen molar-refractivity contribution in [2.45, 2.75) is 6.54 Å². The molecular weight excluding hydrogens is 308 g/mol. The quantitative estimate of drug-likeness (QED) is 0.496. The second kappa shape index (κ2) is 5.86. The normalized spacial score (nSPS) is 14.0. The molecule has 7 heteroatoms. The second-order valence-corrected chi connectivity index (χ2v) is 5.61. The number of aromatic amines is 1. The number of fused-ring (bicyclic) bond motifs is 2. The third kappa shape index (κ3) is 2.55. The summed E-state index contributed by atoms with van der Waals surface area (Å²) in [6, 6.07) is 13.0. The number of amides is 1. The Hall–Kier alpha value is -3.06. The van der Waals surface area contributed by atoms with Crippen LogP contribution in [-0.2, 0) is 6.54 Å². The Labute approximate surface area is 137 Å². The van der Waals surface area contributed by atoms with Gasteiger partial charge in [0, 0.05) is 17.7 Å². The van der Waals surface area contributed by atoms with Crippen molar-refractivity contribution in [3.63, 3.8) is 0 Å². The number of hydrogen-bond donors (Lipinski definition) is 3. The van der Waals surface area contributed by atoms with Crippen LogP contribution >= 0.6 is 0 Å². The molecule has 0 atom stereocenters. The van der Waals surface area contributed by atoms with Crippen LogP contribution in [0.5, 0.6) is 5.75 Å². The van der Waals surface area contributed by atoms with Gasteiger partial charge in [0.15, 0.2) is 0 Å². The highest BCUT2D eigenvalue weighted by Gasteiger charge is 2.19. The molecule has 0 bridgehead atoms. The Bertz CT molecular complexity index is 873. The van der Waals surface area contributed by atoms with Gasteiger partial charge < -0.3 is 14.6 Å². The molecule has 1 aliphatic heterocycles. The number of carbonyl (C=O) groups is 1. The van der Waals surface area contributed by atoms with Gasteiger partial charge in [0.1, 0.15) is 12.4 Å². The molecular formula is C17H16N4O3. The number of nitrogens with one attached hydrogen (secondary N) is 2. The molecule has 1 aromatic heterocycles. The molecule has 2 aromatic carbocycles. The van der Waals surface area contributed by atoms with Crippen molar-refractivity contribution in [3.8, 4) is 5.75 Å². The summed E-state index contributed by atoms with van der Waals surface area (Å²) in [5.41, 5.74) is 4.79. The highest BCUT2D eigenvalue weighted by atomic mass is 16.5. The number of carbonyl (C=O) groups excluding carboxylic acids is 1. The molecule has 122 valence electrons. The minimum atomic E-state index is -0.544. The number of ether oxygens (including phenoxy) is 1. The predicted molar refractivity (Wildman–Crippen MR) is 88.3 cm³/mol. The molecule has 0 radical (unpaired) electrons. The lowest BCUT2D eigenvalue weighted by molar-refractivity contribution is 0.0706. The van der Waals surface area contributed by atoms with Gasteiger partial charge in [-0.3, -0.25) is 10.0 Å². The number of imidazole rings is 1. The van der Waals surface area contributed by atoms with Crippen molar-refractivity contribution in [3.05, 3.63) is 53.6 Å². The Morgan fingerprint density at radius 3 is 3.00 bits per heavy atom. The summed E-state index contributed by atoms with van der Waals surface area (Å²) in [6.45, 7) is 1.76. The van der Waals surface area contributed by atoms with E-state index in [2.05, 4.69) is 14.9 Å². The van der Waals surface area contributed by atoms with E-state index in [1.165, 1.54) is 0 Å². The Morgan fingerprint density at radius 1 is 1.29 bits per heavy atom. The van der Waals surface area contributed by atoms with Gasteiger partial charge in [-0.05, 0) is 30.3 Å². The highest BCUT2D eigenvalue weighted by molar-refractivity contribution is 5.93. The lowest BCUT2D eigenvalue weighted by Gasteiger charge is -2.18. The molecule has 0 unspecified atom stereocenters. The average molecular weight is 324 g/mol. The number of benzene rings is 2. The smallest absolute Gasteiger partial charge is 0.274 e. The molecule has 3 N–H and O–H groups in total. The third-order valence-electron chi connectivity index (χ3n) is 4.08. The number of aromatic nitrogens is 2. The van der Waals surface area contributed by atoms with Gasteiger partial charge in [0.2, 0.25) is 5.95 Å². The summed E-state index contributed by atoms with van der Waals surface area (Å²) in [5.74, 6) is 0.963. The molecule has 1 amide bonds. The summed E-state index contributed by atoms with van der Waals surface area (Å²) in [7, 11) is 0. The summed E-state index contributed by atoms with van der Waals surface area (Å²) in [5, 5.41) is 8.80. The van der Waals surface area contributed by atoms with Gasteiger partial charge in [-0.15, -0.1) is 0 Å². The van der Waals surface area contributed by atoms with Crippen LogP contribution in [0.15, 0.2) is 42.5 Å². The first-order valence-corrected chi connectivity index (χ1v) is 7.64. The minimum absolute atomic E-state index is 0.381. The molecule has 0 spiro atoms. The zero-order valence-corrected chi connectivity index (χ0v) is 12.8. The second-order valence-electron chi connectivity index (χ2n) is 5.61. The van der Waals surface area contributed by atoms with Crippen molar-refractivity contribution in [1.82, 2.24) is 15.4 Å². The Morgan fingerprint density at radius 2 is 2.17 bits per heavy atom. The number of H-pyrrole nitrogens is 1. The largest absolute Gasteiger partial charge is 0.491 e. The molecule has 24 heavy (non-hydrogen) atoms. The van der Waals surface area contributed by atoms with E-state index in [1.54, 1.807) is 23.7 Å². The van der Waals surface area contributed by atoms with Gasteiger partial charge in [-0.1, -0.05) is 12.1 Å². The van der Waals surface area contributed by atoms with E-state index >= 15 is 0 Å². The molecule has 0 aliphatic carbocycles. The molecule has 7 nitrogen and oxygen atoms in total. The Kier molecular flexibility index (Phi) is 3.55. The maximum atomic E-state index is 11.6. The maximum absolute atomic E-state index is 11.6. The van der Waals surface area contributed by atoms with Gasteiger partial charge in [-0.25, -0.2) is 10.5 Å². The lowest BCUT2D eigenvalue weighted by atomic mass is 10.1. The van der Waals surface area contributed by atoms with Crippen LogP contribution < -0.4 is 15.1 Å². The minimum Gasteiger partial charge on any atom is -0.491 e. The van der Waals surface area contributed by atoms with Gasteiger partial charge in [0.05, 0.1) is 17.6 Å². The third-order valence-corrected chi connectivity index (χ3v) is 4.08. The van der Waals surface area contributed by atoms with E-state index < -0.39 is 5.91 Å². The number of rotatable bonds is 2. The first kappa shape index (κ1) is 14.5. The van der Waals surface area contributed by atoms with E-state index in [9.17, 15) is 4.79 Å². The van der Waals surface area contributed by atoms with Crippen LogP contribution in [0.4, 0.5) is 5.95 Å². The molecule has 0 fully saturated rings. The zero-order valence-electron chi connectivity index (χ0n) is 12.8. The number of nitrogens with zero attached hydrogens (tertiary/aromatic N) is 2. The van der Waals surface area contributed by atoms with E-state index in [4.69, 9.17) is 9.94 Å². The summed E-state index contributed by atoms with van der Waals surface area (Å²) < 4.78 is 5.77. The standard InChI is InChI=1S/C17H16N4O3/c22-16(20-23)11-5-6-15-12(9-11)10-21(7-8-24-15)17-18-13-3-1-2-4-14(13)19-17/h1-6,9,23H,7-8,10H2,(H,18,19)(H,20,22). The van der Waals surface area contributed by atoms with Crippen molar-refractivity contribution in [1.29, 1.82) is 0 Å². The monoisotopic (exact) mass is 324 g/mol. The number of para-hydroxylation sites is 2.